The predicted octanol–water partition coefficient (Wildman–Crippen LogP) is 9.11. The Kier molecular flexibility index (Phi) is 10.9. The van der Waals surface area contributed by atoms with Gasteiger partial charge in [0.05, 0.1) is 0 Å². The molecule has 0 radical (unpaired) electrons. The van der Waals surface area contributed by atoms with Crippen molar-refractivity contribution in [1.29, 1.82) is 0 Å². The van der Waals surface area contributed by atoms with E-state index >= 15 is 0 Å². The van der Waals surface area contributed by atoms with Crippen LogP contribution < -0.4 is 0 Å². The third kappa shape index (κ3) is 7.32. The zero-order valence-corrected chi connectivity index (χ0v) is 21.9. The Labute approximate surface area is 208 Å². The number of hydrogen-bond acceptors (Lipinski definition) is 1. The molecule has 2 aromatic carbocycles. The molecule has 0 aliphatic heterocycles. The van der Waals surface area contributed by atoms with Crippen LogP contribution in [0.4, 0.5) is 0 Å². The molecule has 2 heteroatoms. The minimum absolute atomic E-state index is 0.0129. The van der Waals surface area contributed by atoms with Gasteiger partial charge in [-0.1, -0.05) is 133 Å². The van der Waals surface area contributed by atoms with Crippen LogP contribution in [0.3, 0.4) is 0 Å². The number of benzene rings is 2. The summed E-state index contributed by atoms with van der Waals surface area (Å²) in [5.41, 5.74) is 2.81. The molecule has 3 aromatic rings. The maximum atomic E-state index is 5.01. The zero-order valence-electron chi connectivity index (χ0n) is 21.9. The molecule has 2 atom stereocenters. The highest BCUT2D eigenvalue weighted by Crippen LogP contribution is 2.44. The van der Waals surface area contributed by atoms with Crippen molar-refractivity contribution < 1.29 is 0 Å². The zero-order chi connectivity index (χ0) is 24.1. The first kappa shape index (κ1) is 26.3. The molecule has 0 saturated heterocycles. The fourth-order valence-corrected chi connectivity index (χ4v) is 5.47. The van der Waals surface area contributed by atoms with Crippen molar-refractivity contribution in [2.45, 2.75) is 109 Å². The second-order valence-electron chi connectivity index (χ2n) is 10.2. The lowest BCUT2D eigenvalue weighted by atomic mass is 9.66. The van der Waals surface area contributed by atoms with Gasteiger partial charge in [-0.25, -0.2) is 4.98 Å². The van der Waals surface area contributed by atoms with Crippen molar-refractivity contribution >= 4 is 0 Å². The summed E-state index contributed by atoms with van der Waals surface area (Å²) in [6.45, 7) is 8.15. The van der Waals surface area contributed by atoms with Gasteiger partial charge in [0.2, 0.25) is 0 Å². The lowest BCUT2D eigenvalue weighted by molar-refractivity contribution is 0.324. The maximum absolute atomic E-state index is 5.01. The van der Waals surface area contributed by atoms with Gasteiger partial charge in [-0.15, -0.1) is 0 Å². The molecule has 0 bridgehead atoms. The van der Waals surface area contributed by atoms with Gasteiger partial charge >= 0.3 is 0 Å². The Hall–Kier alpha value is -2.35. The second kappa shape index (κ2) is 14.1. The summed E-state index contributed by atoms with van der Waals surface area (Å²) in [6.07, 6.45) is 18.3. The summed E-state index contributed by atoms with van der Waals surface area (Å²) in [5, 5.41) is 0. The van der Waals surface area contributed by atoms with E-state index in [9.17, 15) is 0 Å². The fourth-order valence-electron chi connectivity index (χ4n) is 5.47. The first-order valence-electron chi connectivity index (χ1n) is 13.8. The van der Waals surface area contributed by atoms with E-state index in [2.05, 4.69) is 92.2 Å². The van der Waals surface area contributed by atoms with E-state index in [0.717, 1.165) is 13.0 Å². The maximum Gasteiger partial charge on any atom is 0.112 e. The van der Waals surface area contributed by atoms with E-state index in [1.54, 1.807) is 0 Å². The SMILES string of the molecule is CCCCCCCCCn1ccnc1C(CCCC)C(C)(Cc1ccccc1)c1ccccc1. The third-order valence-electron chi connectivity index (χ3n) is 7.52. The molecule has 3 rings (SSSR count). The number of nitrogens with zero attached hydrogens (tertiary/aromatic N) is 2. The molecule has 2 unspecified atom stereocenters. The minimum atomic E-state index is -0.0129. The number of unbranched alkanes of at least 4 members (excludes halogenated alkanes) is 7. The molecule has 0 aliphatic rings. The summed E-state index contributed by atoms with van der Waals surface area (Å²) in [6, 6.07) is 22.2. The molecule has 0 aliphatic carbocycles. The molecule has 0 saturated carbocycles. The van der Waals surface area contributed by atoms with Crippen LogP contribution in [0.25, 0.3) is 0 Å². The van der Waals surface area contributed by atoms with Crippen molar-refractivity contribution in [2.75, 3.05) is 0 Å². The highest BCUT2D eigenvalue weighted by atomic mass is 15.1. The number of aryl methyl sites for hydroxylation is 1. The van der Waals surface area contributed by atoms with Crippen molar-refractivity contribution in [3.05, 3.63) is 90.0 Å². The van der Waals surface area contributed by atoms with E-state index in [1.165, 1.54) is 81.2 Å². The Balaban J connectivity index is 1.84. The van der Waals surface area contributed by atoms with Gasteiger partial charge in [0.15, 0.2) is 0 Å². The Morgan fingerprint density at radius 2 is 1.38 bits per heavy atom. The van der Waals surface area contributed by atoms with Gasteiger partial charge in [-0.05, 0) is 30.4 Å². The molecule has 0 fully saturated rings. The summed E-state index contributed by atoms with van der Waals surface area (Å²) >= 11 is 0. The lowest BCUT2D eigenvalue weighted by Crippen LogP contribution is -2.35. The van der Waals surface area contributed by atoms with Gasteiger partial charge in [-0.2, -0.15) is 0 Å². The lowest BCUT2D eigenvalue weighted by Gasteiger charge is -2.39. The topological polar surface area (TPSA) is 17.8 Å². The van der Waals surface area contributed by atoms with Gasteiger partial charge in [-0.3, -0.25) is 0 Å². The predicted molar refractivity (Wildman–Crippen MR) is 146 cm³/mol. The van der Waals surface area contributed by atoms with Crippen LogP contribution >= 0.6 is 0 Å². The molecular formula is C32H46N2. The van der Waals surface area contributed by atoms with E-state index < -0.39 is 0 Å². The van der Waals surface area contributed by atoms with Crippen LogP contribution in [0, 0.1) is 0 Å². The van der Waals surface area contributed by atoms with E-state index in [0.29, 0.717) is 5.92 Å². The van der Waals surface area contributed by atoms with Crippen LogP contribution in [0.15, 0.2) is 73.1 Å². The van der Waals surface area contributed by atoms with E-state index in [1.807, 2.05) is 6.20 Å². The van der Waals surface area contributed by atoms with Crippen LogP contribution in [0.5, 0.6) is 0 Å². The molecule has 1 aromatic heterocycles. The van der Waals surface area contributed by atoms with Crippen molar-refractivity contribution in [3.63, 3.8) is 0 Å². The smallest absolute Gasteiger partial charge is 0.112 e. The molecule has 0 amide bonds. The summed E-state index contributed by atoms with van der Waals surface area (Å²) in [7, 11) is 0. The van der Waals surface area contributed by atoms with Crippen LogP contribution in [-0.2, 0) is 18.4 Å². The highest BCUT2D eigenvalue weighted by molar-refractivity contribution is 5.33. The van der Waals surface area contributed by atoms with E-state index in [-0.39, 0.29) is 5.41 Å². The van der Waals surface area contributed by atoms with Gasteiger partial charge in [0, 0.05) is 30.3 Å². The number of aromatic nitrogens is 2. The molecule has 0 spiro atoms. The first-order valence-corrected chi connectivity index (χ1v) is 13.8. The van der Waals surface area contributed by atoms with Crippen molar-refractivity contribution in [2.24, 2.45) is 0 Å². The van der Waals surface area contributed by atoms with Crippen LogP contribution in [0.1, 0.15) is 108 Å². The summed E-state index contributed by atoms with van der Waals surface area (Å²) in [4.78, 5) is 5.01. The molecule has 34 heavy (non-hydrogen) atoms. The Morgan fingerprint density at radius 3 is 2.06 bits per heavy atom. The van der Waals surface area contributed by atoms with Crippen molar-refractivity contribution in [1.82, 2.24) is 9.55 Å². The van der Waals surface area contributed by atoms with Gasteiger partial charge in [0.25, 0.3) is 0 Å². The molecule has 0 N–H and O–H groups in total. The summed E-state index contributed by atoms with van der Waals surface area (Å²) < 4.78 is 2.47. The average molecular weight is 459 g/mol. The largest absolute Gasteiger partial charge is 0.335 e. The monoisotopic (exact) mass is 458 g/mol. The number of rotatable bonds is 16. The molecule has 184 valence electrons. The molecule has 1 heterocycles. The van der Waals surface area contributed by atoms with Crippen LogP contribution in [0.2, 0.25) is 0 Å². The normalized spacial score (nSPS) is 14.1. The number of hydrogen-bond donors (Lipinski definition) is 0. The van der Waals surface area contributed by atoms with Gasteiger partial charge < -0.3 is 4.57 Å². The quantitative estimate of drug-likeness (QED) is 0.196. The Bertz CT molecular complexity index is 914. The Morgan fingerprint density at radius 1 is 0.765 bits per heavy atom. The van der Waals surface area contributed by atoms with Gasteiger partial charge in [0.1, 0.15) is 5.82 Å². The minimum Gasteiger partial charge on any atom is -0.335 e. The highest BCUT2D eigenvalue weighted by Gasteiger charge is 2.39. The van der Waals surface area contributed by atoms with Crippen LogP contribution in [-0.4, -0.2) is 9.55 Å². The van der Waals surface area contributed by atoms with Crippen molar-refractivity contribution in [3.8, 4) is 0 Å². The third-order valence-corrected chi connectivity index (χ3v) is 7.52. The second-order valence-corrected chi connectivity index (χ2v) is 10.2. The van der Waals surface area contributed by atoms with E-state index in [4.69, 9.17) is 4.98 Å². The first-order chi connectivity index (χ1) is 16.7. The fraction of sp³-hybridized carbons (Fsp3) is 0.531. The standard InChI is InChI=1S/C32H46N2/c1-4-6-8-9-10-11-18-25-34-26-24-33-31(34)30(23-7-5-2)32(3,29-21-16-13-17-22-29)27-28-19-14-12-15-20-28/h12-17,19-22,24,26,30H,4-11,18,23,25,27H2,1-3H3. The average Bonchev–Trinajstić information content (AvgIpc) is 3.33. The molecule has 2 nitrogen and oxygen atoms in total. The summed E-state index contributed by atoms with van der Waals surface area (Å²) in [5.74, 6) is 1.66. The number of imidazole rings is 1. The molecular weight excluding hydrogens is 412 g/mol.